The normalized spacial score (nSPS) is 25.3. The van der Waals surface area contributed by atoms with Gasteiger partial charge in [0, 0.05) is 12.6 Å². The molecule has 1 fully saturated rings. The van der Waals surface area contributed by atoms with Crippen molar-refractivity contribution in [3.05, 3.63) is 24.2 Å². The molecule has 1 aromatic rings. The zero-order valence-electron chi connectivity index (χ0n) is 12.4. The fourth-order valence-corrected chi connectivity index (χ4v) is 2.74. The molecule has 0 saturated heterocycles. The molecule has 1 heterocycles. The summed E-state index contributed by atoms with van der Waals surface area (Å²) >= 11 is 0. The third-order valence-electron chi connectivity index (χ3n) is 4.03. The van der Waals surface area contributed by atoms with Gasteiger partial charge < -0.3 is 19.6 Å². The van der Waals surface area contributed by atoms with E-state index >= 15 is 0 Å². The SMILES string of the molecule is CC1CCCC(NCC(O)COCc2ccco2)CC1. The van der Waals surface area contributed by atoms with Crippen LogP contribution in [0.2, 0.25) is 0 Å². The van der Waals surface area contributed by atoms with E-state index in [2.05, 4.69) is 12.2 Å². The van der Waals surface area contributed by atoms with Crippen molar-refractivity contribution in [1.82, 2.24) is 5.32 Å². The molecule has 2 rings (SSSR count). The maximum absolute atomic E-state index is 9.91. The van der Waals surface area contributed by atoms with Crippen molar-refractivity contribution in [3.8, 4) is 0 Å². The molecule has 0 aromatic carbocycles. The van der Waals surface area contributed by atoms with Gasteiger partial charge in [0.25, 0.3) is 0 Å². The molecule has 0 radical (unpaired) electrons. The van der Waals surface area contributed by atoms with Crippen LogP contribution in [-0.4, -0.2) is 30.4 Å². The van der Waals surface area contributed by atoms with Crippen molar-refractivity contribution in [1.29, 1.82) is 0 Å². The predicted molar refractivity (Wildman–Crippen MR) is 78.4 cm³/mol. The van der Waals surface area contributed by atoms with E-state index in [0.29, 0.717) is 25.8 Å². The number of furan rings is 1. The Morgan fingerprint density at radius 1 is 1.40 bits per heavy atom. The molecule has 4 heteroatoms. The van der Waals surface area contributed by atoms with Gasteiger partial charge in [-0.3, -0.25) is 0 Å². The summed E-state index contributed by atoms with van der Waals surface area (Å²) in [6, 6.07) is 4.26. The first-order chi connectivity index (χ1) is 9.74. The Morgan fingerprint density at radius 2 is 2.30 bits per heavy atom. The highest BCUT2D eigenvalue weighted by Gasteiger charge is 2.16. The lowest BCUT2D eigenvalue weighted by Crippen LogP contribution is -2.37. The van der Waals surface area contributed by atoms with E-state index in [0.717, 1.165) is 11.7 Å². The van der Waals surface area contributed by atoms with Crippen LogP contribution in [0.4, 0.5) is 0 Å². The molecule has 1 aliphatic carbocycles. The van der Waals surface area contributed by atoms with Gasteiger partial charge in [-0.15, -0.1) is 0 Å². The third-order valence-corrected chi connectivity index (χ3v) is 4.03. The van der Waals surface area contributed by atoms with Crippen LogP contribution in [0.25, 0.3) is 0 Å². The summed E-state index contributed by atoms with van der Waals surface area (Å²) in [5.41, 5.74) is 0. The first-order valence-corrected chi connectivity index (χ1v) is 7.75. The number of ether oxygens (including phenoxy) is 1. The van der Waals surface area contributed by atoms with Gasteiger partial charge in [0.15, 0.2) is 0 Å². The molecular weight excluding hydrogens is 254 g/mol. The Hall–Kier alpha value is -0.840. The van der Waals surface area contributed by atoms with Gasteiger partial charge in [-0.1, -0.05) is 19.8 Å². The summed E-state index contributed by atoms with van der Waals surface area (Å²) in [5.74, 6) is 1.64. The summed E-state index contributed by atoms with van der Waals surface area (Å²) < 4.78 is 10.6. The lowest BCUT2D eigenvalue weighted by molar-refractivity contribution is 0.0213. The molecular formula is C16H27NO3. The quantitative estimate of drug-likeness (QED) is 0.755. The van der Waals surface area contributed by atoms with Crippen molar-refractivity contribution in [2.24, 2.45) is 5.92 Å². The smallest absolute Gasteiger partial charge is 0.129 e. The highest BCUT2D eigenvalue weighted by molar-refractivity contribution is 4.96. The molecule has 1 saturated carbocycles. The molecule has 2 N–H and O–H groups in total. The van der Waals surface area contributed by atoms with E-state index in [-0.39, 0.29) is 0 Å². The van der Waals surface area contributed by atoms with Gasteiger partial charge in [-0.05, 0) is 37.3 Å². The highest BCUT2D eigenvalue weighted by atomic mass is 16.5. The van der Waals surface area contributed by atoms with Gasteiger partial charge in [-0.25, -0.2) is 0 Å². The second kappa shape index (κ2) is 8.45. The van der Waals surface area contributed by atoms with Crippen LogP contribution in [0.1, 0.15) is 44.8 Å². The fraction of sp³-hybridized carbons (Fsp3) is 0.750. The first kappa shape index (κ1) is 15.5. The molecule has 1 aliphatic rings. The molecule has 20 heavy (non-hydrogen) atoms. The largest absolute Gasteiger partial charge is 0.467 e. The van der Waals surface area contributed by atoms with Gasteiger partial charge in [0.05, 0.1) is 19.0 Å². The van der Waals surface area contributed by atoms with Crippen LogP contribution in [0.5, 0.6) is 0 Å². The van der Waals surface area contributed by atoms with Crippen LogP contribution in [0, 0.1) is 5.92 Å². The van der Waals surface area contributed by atoms with Crippen LogP contribution in [-0.2, 0) is 11.3 Å². The maximum Gasteiger partial charge on any atom is 0.129 e. The van der Waals surface area contributed by atoms with E-state index < -0.39 is 6.10 Å². The zero-order valence-corrected chi connectivity index (χ0v) is 12.4. The van der Waals surface area contributed by atoms with Crippen molar-refractivity contribution in [2.45, 2.75) is 57.8 Å². The van der Waals surface area contributed by atoms with Crippen LogP contribution in [0.15, 0.2) is 22.8 Å². The number of nitrogens with one attached hydrogen (secondary N) is 1. The van der Waals surface area contributed by atoms with E-state index in [1.54, 1.807) is 6.26 Å². The average molecular weight is 281 g/mol. The number of aliphatic hydroxyl groups is 1. The first-order valence-electron chi connectivity index (χ1n) is 7.75. The third kappa shape index (κ3) is 5.65. The minimum Gasteiger partial charge on any atom is -0.467 e. The van der Waals surface area contributed by atoms with Gasteiger partial charge in [-0.2, -0.15) is 0 Å². The van der Waals surface area contributed by atoms with Crippen LogP contribution in [0.3, 0.4) is 0 Å². The minimum atomic E-state index is -0.453. The Bertz CT molecular complexity index is 353. The second-order valence-electron chi connectivity index (χ2n) is 5.97. The zero-order chi connectivity index (χ0) is 14.2. The Labute approximate surface area is 121 Å². The lowest BCUT2D eigenvalue weighted by atomic mass is 10.0. The standard InChI is InChI=1S/C16H27NO3/c1-13-4-2-5-14(8-7-13)17-10-15(18)11-19-12-16-6-3-9-20-16/h3,6,9,13-15,17-18H,2,4-5,7-8,10-12H2,1H3. The number of hydrogen-bond acceptors (Lipinski definition) is 4. The van der Waals surface area contributed by atoms with Crippen molar-refractivity contribution in [2.75, 3.05) is 13.2 Å². The number of rotatable bonds is 7. The molecule has 0 spiro atoms. The Kier molecular flexibility index (Phi) is 6.57. The summed E-state index contributed by atoms with van der Waals surface area (Å²) in [5, 5.41) is 13.4. The minimum absolute atomic E-state index is 0.344. The molecule has 3 atom stereocenters. The van der Waals surface area contributed by atoms with Gasteiger partial charge in [0.2, 0.25) is 0 Å². The molecule has 1 aromatic heterocycles. The Balaban J connectivity index is 1.56. The monoisotopic (exact) mass is 281 g/mol. The molecule has 3 unspecified atom stereocenters. The van der Waals surface area contributed by atoms with E-state index in [1.807, 2.05) is 12.1 Å². The highest BCUT2D eigenvalue weighted by Crippen LogP contribution is 2.22. The topological polar surface area (TPSA) is 54.6 Å². The predicted octanol–water partition coefficient (Wildman–Crippen LogP) is 2.72. The summed E-state index contributed by atoms with van der Waals surface area (Å²) in [4.78, 5) is 0. The molecule has 114 valence electrons. The fourth-order valence-electron chi connectivity index (χ4n) is 2.74. The van der Waals surface area contributed by atoms with E-state index in [4.69, 9.17) is 9.15 Å². The van der Waals surface area contributed by atoms with Gasteiger partial charge >= 0.3 is 0 Å². The van der Waals surface area contributed by atoms with E-state index in [1.165, 1.54) is 32.1 Å². The van der Waals surface area contributed by atoms with E-state index in [9.17, 15) is 5.11 Å². The average Bonchev–Trinajstić information content (AvgIpc) is 2.86. The summed E-state index contributed by atoms with van der Waals surface area (Å²) in [6.45, 7) is 3.71. The van der Waals surface area contributed by atoms with Gasteiger partial charge in [0.1, 0.15) is 12.4 Å². The molecule has 0 aliphatic heterocycles. The van der Waals surface area contributed by atoms with Crippen LogP contribution >= 0.6 is 0 Å². The summed E-state index contributed by atoms with van der Waals surface area (Å²) in [7, 11) is 0. The maximum atomic E-state index is 9.91. The van der Waals surface area contributed by atoms with Crippen LogP contribution < -0.4 is 5.32 Å². The van der Waals surface area contributed by atoms with Crippen molar-refractivity contribution >= 4 is 0 Å². The Morgan fingerprint density at radius 3 is 3.10 bits per heavy atom. The molecule has 0 bridgehead atoms. The number of aliphatic hydroxyl groups excluding tert-OH is 1. The summed E-state index contributed by atoms with van der Waals surface area (Å²) in [6.07, 6.45) is 7.56. The van der Waals surface area contributed by atoms with Crippen molar-refractivity contribution < 1.29 is 14.3 Å². The van der Waals surface area contributed by atoms with Crippen molar-refractivity contribution in [3.63, 3.8) is 0 Å². The second-order valence-corrected chi connectivity index (χ2v) is 5.97. The molecule has 0 amide bonds. The lowest BCUT2D eigenvalue weighted by Gasteiger charge is -2.19. The molecule has 4 nitrogen and oxygen atoms in total. The number of hydrogen-bond donors (Lipinski definition) is 2.